The van der Waals surface area contributed by atoms with E-state index in [4.69, 9.17) is 11.6 Å². The van der Waals surface area contributed by atoms with E-state index in [0.717, 1.165) is 27.3 Å². The van der Waals surface area contributed by atoms with Gasteiger partial charge in [-0.05, 0) is 49.2 Å². The quantitative estimate of drug-likeness (QED) is 0.447. The summed E-state index contributed by atoms with van der Waals surface area (Å²) in [5, 5.41) is 9.44. The van der Waals surface area contributed by atoms with E-state index >= 15 is 0 Å². The van der Waals surface area contributed by atoms with Crippen molar-refractivity contribution < 1.29 is 22.4 Å². The third kappa shape index (κ3) is 5.41. The van der Waals surface area contributed by atoms with Crippen molar-refractivity contribution in [3.05, 3.63) is 76.8 Å². The third-order valence-corrected chi connectivity index (χ3v) is 7.77. The normalized spacial score (nSPS) is 19.6. The topological polar surface area (TPSA) is 125 Å². The number of anilines is 1. The Hall–Kier alpha value is -3.32. The second-order valence-electron chi connectivity index (χ2n) is 8.30. The smallest absolute Gasteiger partial charge is 0.280 e. The number of nitrogens with one attached hydrogen (secondary N) is 3. The lowest BCUT2D eigenvalue weighted by Gasteiger charge is -2.35. The van der Waals surface area contributed by atoms with Crippen molar-refractivity contribution in [1.29, 1.82) is 0 Å². The van der Waals surface area contributed by atoms with Crippen LogP contribution in [0.5, 0.6) is 0 Å². The average molecular weight is 535 g/mol. The van der Waals surface area contributed by atoms with E-state index in [-0.39, 0.29) is 23.7 Å². The zero-order chi connectivity index (χ0) is 26.0. The van der Waals surface area contributed by atoms with Crippen LogP contribution in [0.1, 0.15) is 17.7 Å². The van der Waals surface area contributed by atoms with E-state index in [1.54, 1.807) is 10.9 Å². The number of aryl methyl sites for hydroxylation is 1. The summed E-state index contributed by atoms with van der Waals surface area (Å²) >= 11 is 5.76. The lowest BCUT2D eigenvalue weighted by molar-refractivity contribution is -0.125. The summed E-state index contributed by atoms with van der Waals surface area (Å²) in [4.78, 5) is 25.9. The second-order valence-corrected chi connectivity index (χ2v) is 10.5. The van der Waals surface area contributed by atoms with Gasteiger partial charge in [0.1, 0.15) is 17.9 Å². The molecule has 0 bridgehead atoms. The van der Waals surface area contributed by atoms with Gasteiger partial charge in [0.2, 0.25) is 11.8 Å². The van der Waals surface area contributed by atoms with E-state index < -0.39 is 39.9 Å². The van der Waals surface area contributed by atoms with Crippen molar-refractivity contribution in [3.63, 3.8) is 0 Å². The van der Waals surface area contributed by atoms with Crippen molar-refractivity contribution in [2.75, 3.05) is 12.4 Å². The van der Waals surface area contributed by atoms with Gasteiger partial charge in [0, 0.05) is 12.7 Å². The summed E-state index contributed by atoms with van der Waals surface area (Å²) in [6.07, 6.45) is 1.55. The molecule has 190 valence electrons. The van der Waals surface area contributed by atoms with Gasteiger partial charge in [0.15, 0.2) is 0 Å². The molecule has 2 unspecified atom stereocenters. The molecule has 4 rings (SSSR count). The number of para-hydroxylation sites is 1. The van der Waals surface area contributed by atoms with Crippen LogP contribution in [0.15, 0.2) is 54.7 Å². The molecule has 1 aromatic heterocycles. The lowest BCUT2D eigenvalue weighted by Crippen LogP contribution is -2.62. The molecule has 1 aliphatic heterocycles. The summed E-state index contributed by atoms with van der Waals surface area (Å²) in [6, 6.07) is 10.6. The molecule has 0 aliphatic carbocycles. The first-order chi connectivity index (χ1) is 17.1. The van der Waals surface area contributed by atoms with Gasteiger partial charge >= 0.3 is 0 Å². The van der Waals surface area contributed by atoms with E-state index in [9.17, 15) is 22.4 Å². The molecule has 3 N–H and O–H groups in total. The molecular formula is C23H24ClFN6O4S. The van der Waals surface area contributed by atoms with Gasteiger partial charge in [-0.25, -0.2) is 9.07 Å². The molecule has 2 aromatic carbocycles. The van der Waals surface area contributed by atoms with E-state index in [2.05, 4.69) is 20.5 Å². The molecular weight excluding hydrogens is 511 g/mol. The molecule has 1 saturated heterocycles. The standard InChI is InChI=1S/C23H24ClFN6O4S/c1-14-12-27-31(16-6-4-3-5-7-16)21(14)13-26-22(32)19-11-20(30(2)36(34,35)29-19)23(33)28-15-8-9-18(25)17(24)10-15/h3-10,12,19-20,29H,11,13H2,1-2H3,(H,26,32)(H,28,33). The van der Waals surface area contributed by atoms with Crippen LogP contribution in [-0.2, 0) is 26.3 Å². The molecule has 10 nitrogen and oxygen atoms in total. The Morgan fingerprint density at radius 2 is 1.92 bits per heavy atom. The molecule has 13 heteroatoms. The Labute approximate surface area is 212 Å². The summed E-state index contributed by atoms with van der Waals surface area (Å²) in [6.45, 7) is 1.95. The maximum atomic E-state index is 13.4. The van der Waals surface area contributed by atoms with Gasteiger partial charge in [0.05, 0.1) is 29.1 Å². The molecule has 0 saturated carbocycles. The Bertz CT molecular complexity index is 1400. The van der Waals surface area contributed by atoms with Crippen LogP contribution in [0, 0.1) is 12.7 Å². The molecule has 2 atom stereocenters. The fraction of sp³-hybridized carbons (Fsp3) is 0.261. The van der Waals surface area contributed by atoms with Crippen molar-refractivity contribution >= 4 is 39.3 Å². The molecule has 36 heavy (non-hydrogen) atoms. The van der Waals surface area contributed by atoms with Gasteiger partial charge in [0.25, 0.3) is 10.2 Å². The first-order valence-electron chi connectivity index (χ1n) is 10.9. The SMILES string of the molecule is Cc1cnn(-c2ccccc2)c1CNC(=O)C1CC(C(=O)Nc2ccc(F)c(Cl)c2)N(C)S(=O)(=O)N1. The van der Waals surface area contributed by atoms with E-state index in [1.165, 1.54) is 19.2 Å². The first-order valence-corrected chi connectivity index (χ1v) is 12.8. The highest BCUT2D eigenvalue weighted by molar-refractivity contribution is 7.87. The van der Waals surface area contributed by atoms with Crippen LogP contribution >= 0.6 is 11.6 Å². The number of rotatable bonds is 6. The maximum absolute atomic E-state index is 13.4. The highest BCUT2D eigenvalue weighted by Crippen LogP contribution is 2.22. The predicted molar refractivity (Wildman–Crippen MR) is 132 cm³/mol. The fourth-order valence-corrected chi connectivity index (χ4v) is 5.26. The number of carbonyl (C=O) groups excluding carboxylic acids is 2. The summed E-state index contributed by atoms with van der Waals surface area (Å²) in [7, 11) is -2.89. The number of hydrogen-bond acceptors (Lipinski definition) is 5. The predicted octanol–water partition coefficient (Wildman–Crippen LogP) is 2.14. The number of hydrogen-bond donors (Lipinski definition) is 3. The molecule has 1 aliphatic rings. The van der Waals surface area contributed by atoms with Crippen LogP contribution in [0.2, 0.25) is 5.02 Å². The van der Waals surface area contributed by atoms with Crippen LogP contribution < -0.4 is 15.4 Å². The highest BCUT2D eigenvalue weighted by Gasteiger charge is 2.42. The van der Waals surface area contributed by atoms with Gasteiger partial charge in [-0.2, -0.15) is 22.5 Å². The number of nitrogens with zero attached hydrogens (tertiary/aromatic N) is 3. The average Bonchev–Trinajstić information content (AvgIpc) is 3.22. The van der Waals surface area contributed by atoms with E-state index in [1.807, 2.05) is 37.3 Å². The fourth-order valence-electron chi connectivity index (χ4n) is 3.84. The molecule has 0 spiro atoms. The number of likely N-dealkylation sites (N-methyl/N-ethyl adjacent to an activating group) is 1. The summed E-state index contributed by atoms with van der Waals surface area (Å²) < 4.78 is 43.6. The summed E-state index contributed by atoms with van der Waals surface area (Å²) in [5.74, 6) is -1.92. The number of benzene rings is 2. The number of carbonyl (C=O) groups is 2. The van der Waals surface area contributed by atoms with Gasteiger partial charge in [-0.3, -0.25) is 9.59 Å². The first kappa shape index (κ1) is 25.8. The molecule has 3 aromatic rings. The number of halogens is 2. The van der Waals surface area contributed by atoms with Gasteiger partial charge in [-0.15, -0.1) is 0 Å². The minimum absolute atomic E-state index is 0.0958. The van der Waals surface area contributed by atoms with Crippen LogP contribution in [0.3, 0.4) is 0 Å². The van der Waals surface area contributed by atoms with Gasteiger partial charge < -0.3 is 10.6 Å². The van der Waals surface area contributed by atoms with Crippen molar-refractivity contribution in [3.8, 4) is 5.69 Å². The Kier molecular flexibility index (Phi) is 7.41. The van der Waals surface area contributed by atoms with Crippen molar-refractivity contribution in [2.45, 2.75) is 32.0 Å². The largest absolute Gasteiger partial charge is 0.349 e. The Morgan fingerprint density at radius 1 is 1.19 bits per heavy atom. The minimum atomic E-state index is -4.13. The highest BCUT2D eigenvalue weighted by atomic mass is 35.5. The number of amides is 2. The van der Waals surface area contributed by atoms with Gasteiger partial charge in [-0.1, -0.05) is 29.8 Å². The number of aromatic nitrogens is 2. The van der Waals surface area contributed by atoms with Crippen LogP contribution in [0.4, 0.5) is 10.1 Å². The molecule has 2 amide bonds. The molecule has 2 heterocycles. The second kappa shape index (κ2) is 10.3. The van der Waals surface area contributed by atoms with Crippen molar-refractivity contribution in [2.24, 2.45) is 0 Å². The third-order valence-electron chi connectivity index (χ3n) is 5.88. The zero-order valence-electron chi connectivity index (χ0n) is 19.4. The molecule has 1 fully saturated rings. The monoisotopic (exact) mass is 534 g/mol. The maximum Gasteiger partial charge on any atom is 0.280 e. The minimum Gasteiger partial charge on any atom is -0.349 e. The van der Waals surface area contributed by atoms with Crippen LogP contribution in [0.25, 0.3) is 5.69 Å². The molecule has 0 radical (unpaired) electrons. The Balaban J connectivity index is 1.47. The van der Waals surface area contributed by atoms with Crippen LogP contribution in [-0.4, -0.2) is 53.4 Å². The van der Waals surface area contributed by atoms with Crippen molar-refractivity contribution in [1.82, 2.24) is 24.1 Å². The lowest BCUT2D eigenvalue weighted by atomic mass is 10.1. The Morgan fingerprint density at radius 3 is 2.61 bits per heavy atom. The summed E-state index contributed by atoms with van der Waals surface area (Å²) in [5.41, 5.74) is 2.58. The zero-order valence-corrected chi connectivity index (χ0v) is 21.0. The van der Waals surface area contributed by atoms with E-state index in [0.29, 0.717) is 0 Å².